The third-order valence-electron chi connectivity index (χ3n) is 5.02. The maximum atomic E-state index is 12.8. The Morgan fingerprint density at radius 1 is 1.10 bits per heavy atom. The molecule has 9 heteroatoms. The molecule has 30 heavy (non-hydrogen) atoms. The van der Waals surface area contributed by atoms with Crippen molar-refractivity contribution < 1.29 is 14.1 Å². The van der Waals surface area contributed by atoms with Crippen molar-refractivity contribution in [2.24, 2.45) is 0 Å². The van der Waals surface area contributed by atoms with Gasteiger partial charge < -0.3 is 14.2 Å². The van der Waals surface area contributed by atoms with Crippen LogP contribution in [0.4, 0.5) is 0 Å². The number of halogens is 2. The van der Waals surface area contributed by atoms with Gasteiger partial charge in [0.05, 0.1) is 29.3 Å². The van der Waals surface area contributed by atoms with Crippen molar-refractivity contribution in [3.63, 3.8) is 0 Å². The maximum absolute atomic E-state index is 12.8. The third kappa shape index (κ3) is 4.43. The summed E-state index contributed by atoms with van der Waals surface area (Å²) in [6.45, 7) is 3.10. The summed E-state index contributed by atoms with van der Waals surface area (Å²) in [6.07, 6.45) is 0. The van der Waals surface area contributed by atoms with Gasteiger partial charge >= 0.3 is 0 Å². The SMILES string of the molecule is COc1ccc(-c2noc(CN3CCN(C(=O)c4cccc(Cl)c4Cl)CC3)n2)cc1. The second kappa shape index (κ2) is 9.04. The van der Waals surface area contributed by atoms with E-state index < -0.39 is 0 Å². The van der Waals surface area contributed by atoms with Gasteiger partial charge in [-0.2, -0.15) is 4.98 Å². The predicted octanol–water partition coefficient (Wildman–Crippen LogP) is 4.01. The molecule has 1 fully saturated rings. The monoisotopic (exact) mass is 446 g/mol. The van der Waals surface area contributed by atoms with Crippen molar-refractivity contribution in [2.75, 3.05) is 33.3 Å². The Morgan fingerprint density at radius 3 is 2.53 bits per heavy atom. The number of piperazine rings is 1. The van der Waals surface area contributed by atoms with Crippen LogP contribution in [0.3, 0.4) is 0 Å². The zero-order valence-electron chi connectivity index (χ0n) is 16.3. The topological polar surface area (TPSA) is 71.7 Å². The van der Waals surface area contributed by atoms with Crippen molar-refractivity contribution in [3.8, 4) is 17.1 Å². The zero-order valence-corrected chi connectivity index (χ0v) is 17.9. The van der Waals surface area contributed by atoms with E-state index in [-0.39, 0.29) is 5.91 Å². The molecular formula is C21H20Cl2N4O3. The molecule has 4 rings (SSSR count). The molecule has 2 aromatic carbocycles. The van der Waals surface area contributed by atoms with Crippen molar-refractivity contribution in [2.45, 2.75) is 6.54 Å². The second-order valence-corrected chi connectivity index (χ2v) is 7.70. The number of nitrogens with zero attached hydrogens (tertiary/aromatic N) is 4. The highest BCUT2D eigenvalue weighted by Gasteiger charge is 2.25. The minimum atomic E-state index is -0.110. The highest BCUT2D eigenvalue weighted by molar-refractivity contribution is 6.43. The highest BCUT2D eigenvalue weighted by Crippen LogP contribution is 2.27. The summed E-state index contributed by atoms with van der Waals surface area (Å²) in [5.74, 6) is 1.74. The van der Waals surface area contributed by atoms with Crippen molar-refractivity contribution in [1.29, 1.82) is 0 Å². The number of amides is 1. The van der Waals surface area contributed by atoms with E-state index in [9.17, 15) is 4.79 Å². The number of rotatable bonds is 5. The normalized spacial score (nSPS) is 14.7. The molecule has 0 aliphatic carbocycles. The lowest BCUT2D eigenvalue weighted by atomic mass is 10.1. The van der Waals surface area contributed by atoms with Crippen LogP contribution in [-0.4, -0.2) is 59.1 Å². The fourth-order valence-corrected chi connectivity index (χ4v) is 3.70. The number of carbonyl (C=O) groups excluding carboxylic acids is 1. The minimum Gasteiger partial charge on any atom is -0.497 e. The molecule has 3 aromatic rings. The average Bonchev–Trinajstić information content (AvgIpc) is 3.24. The summed E-state index contributed by atoms with van der Waals surface area (Å²) < 4.78 is 10.6. The van der Waals surface area contributed by atoms with Gasteiger partial charge in [-0.05, 0) is 36.4 Å². The molecule has 0 radical (unpaired) electrons. The lowest BCUT2D eigenvalue weighted by molar-refractivity contribution is 0.0615. The van der Waals surface area contributed by atoms with Crippen molar-refractivity contribution >= 4 is 29.1 Å². The summed E-state index contributed by atoms with van der Waals surface area (Å²) in [4.78, 5) is 21.2. The fraction of sp³-hybridized carbons (Fsp3) is 0.286. The van der Waals surface area contributed by atoms with Gasteiger partial charge in [0.1, 0.15) is 5.75 Å². The van der Waals surface area contributed by atoms with Gasteiger partial charge in [0.2, 0.25) is 11.7 Å². The molecule has 0 spiro atoms. The molecule has 1 aliphatic rings. The first-order valence-corrected chi connectivity index (χ1v) is 10.2. The largest absolute Gasteiger partial charge is 0.497 e. The Hall–Kier alpha value is -2.61. The van der Waals surface area contributed by atoms with Crippen LogP contribution in [0.15, 0.2) is 47.0 Å². The van der Waals surface area contributed by atoms with Gasteiger partial charge in [-0.3, -0.25) is 9.69 Å². The van der Waals surface area contributed by atoms with Gasteiger partial charge in [0.15, 0.2) is 0 Å². The second-order valence-electron chi connectivity index (χ2n) is 6.91. The molecule has 7 nitrogen and oxygen atoms in total. The first-order chi connectivity index (χ1) is 14.5. The number of carbonyl (C=O) groups is 1. The standard InChI is InChI=1S/C21H20Cl2N4O3/c1-29-15-7-5-14(6-8-15)20-24-18(30-25-20)13-26-9-11-27(12-10-26)21(28)16-3-2-4-17(22)19(16)23/h2-8H,9-13H2,1H3. The highest BCUT2D eigenvalue weighted by atomic mass is 35.5. The molecule has 0 bridgehead atoms. The van der Waals surface area contributed by atoms with Crippen LogP contribution < -0.4 is 4.74 Å². The summed E-state index contributed by atoms with van der Waals surface area (Å²) in [5, 5.41) is 4.74. The van der Waals surface area contributed by atoms with E-state index in [1.54, 1.807) is 30.2 Å². The van der Waals surface area contributed by atoms with Gasteiger partial charge in [0, 0.05) is 31.7 Å². The molecule has 0 atom stereocenters. The Balaban J connectivity index is 1.34. The lowest BCUT2D eigenvalue weighted by Gasteiger charge is -2.34. The molecular weight excluding hydrogens is 427 g/mol. The van der Waals surface area contributed by atoms with Crippen LogP contribution in [0.1, 0.15) is 16.2 Å². The van der Waals surface area contributed by atoms with Gasteiger partial charge in [-0.15, -0.1) is 0 Å². The zero-order chi connectivity index (χ0) is 21.1. The molecule has 0 saturated carbocycles. The molecule has 2 heterocycles. The third-order valence-corrected chi connectivity index (χ3v) is 5.84. The Labute approximate surface area is 184 Å². The number of ether oxygens (including phenoxy) is 1. The van der Waals surface area contributed by atoms with Crippen LogP contribution >= 0.6 is 23.2 Å². The van der Waals surface area contributed by atoms with E-state index in [2.05, 4.69) is 15.0 Å². The molecule has 1 saturated heterocycles. The van der Waals surface area contributed by atoms with E-state index in [0.29, 0.717) is 60.0 Å². The molecule has 0 N–H and O–H groups in total. The minimum absolute atomic E-state index is 0.110. The van der Waals surface area contributed by atoms with Crippen LogP contribution in [-0.2, 0) is 6.54 Å². The molecule has 156 valence electrons. The predicted molar refractivity (Wildman–Crippen MR) is 114 cm³/mol. The van der Waals surface area contributed by atoms with Gasteiger partial charge in [-0.1, -0.05) is 34.4 Å². The number of hydrogen-bond acceptors (Lipinski definition) is 6. The Bertz CT molecular complexity index is 1030. The summed E-state index contributed by atoms with van der Waals surface area (Å²) in [6, 6.07) is 12.6. The smallest absolute Gasteiger partial charge is 0.255 e. The Kier molecular flexibility index (Phi) is 6.22. The number of benzene rings is 2. The fourth-order valence-electron chi connectivity index (χ4n) is 3.32. The van der Waals surface area contributed by atoms with E-state index in [1.165, 1.54) is 0 Å². The lowest BCUT2D eigenvalue weighted by Crippen LogP contribution is -2.48. The number of hydrogen-bond donors (Lipinski definition) is 0. The van der Waals surface area contributed by atoms with E-state index >= 15 is 0 Å². The van der Waals surface area contributed by atoms with E-state index in [4.69, 9.17) is 32.5 Å². The molecule has 1 amide bonds. The molecule has 1 aromatic heterocycles. The van der Waals surface area contributed by atoms with Crippen LogP contribution in [0, 0.1) is 0 Å². The van der Waals surface area contributed by atoms with E-state index in [0.717, 1.165) is 11.3 Å². The summed E-state index contributed by atoms with van der Waals surface area (Å²) in [7, 11) is 1.62. The first-order valence-electron chi connectivity index (χ1n) is 9.48. The molecule has 1 aliphatic heterocycles. The van der Waals surface area contributed by atoms with Crippen molar-refractivity contribution in [1.82, 2.24) is 19.9 Å². The Morgan fingerprint density at radius 2 is 1.83 bits per heavy atom. The quantitative estimate of drug-likeness (QED) is 0.589. The number of aromatic nitrogens is 2. The van der Waals surface area contributed by atoms with Gasteiger partial charge in [-0.25, -0.2) is 0 Å². The summed E-state index contributed by atoms with van der Waals surface area (Å²) in [5.41, 5.74) is 1.29. The van der Waals surface area contributed by atoms with Crippen LogP contribution in [0.25, 0.3) is 11.4 Å². The van der Waals surface area contributed by atoms with Crippen LogP contribution in [0.5, 0.6) is 5.75 Å². The average molecular weight is 447 g/mol. The van der Waals surface area contributed by atoms with Crippen LogP contribution in [0.2, 0.25) is 10.0 Å². The van der Waals surface area contributed by atoms with Crippen molar-refractivity contribution in [3.05, 3.63) is 64.0 Å². The summed E-state index contributed by atoms with van der Waals surface area (Å²) >= 11 is 12.2. The van der Waals surface area contributed by atoms with E-state index in [1.807, 2.05) is 24.3 Å². The van der Waals surface area contributed by atoms with Gasteiger partial charge in [0.25, 0.3) is 5.91 Å². The first kappa shape index (κ1) is 20.7. The number of methoxy groups -OCH3 is 1. The molecule has 0 unspecified atom stereocenters. The maximum Gasteiger partial charge on any atom is 0.255 e.